The summed E-state index contributed by atoms with van der Waals surface area (Å²) in [4.78, 5) is 28.3. The third kappa shape index (κ3) is 5.36. The molecule has 0 aliphatic carbocycles. The van der Waals surface area contributed by atoms with Gasteiger partial charge in [0.15, 0.2) is 5.82 Å². The Morgan fingerprint density at radius 3 is 2.53 bits per heavy atom. The minimum Gasteiger partial charge on any atom is -0.497 e. The van der Waals surface area contributed by atoms with Gasteiger partial charge in [0.1, 0.15) is 11.4 Å². The van der Waals surface area contributed by atoms with Crippen LogP contribution < -0.4 is 10.1 Å². The SMILES string of the molecule is COc1ccc(NC(=O)CN(C)C(=O)/C(=C\c2cccs2)n2nnnc2-c2ccccc2)cc1. The molecule has 0 saturated carbocycles. The van der Waals surface area contributed by atoms with Crippen molar-refractivity contribution in [1.29, 1.82) is 0 Å². The average Bonchev–Trinajstić information content (AvgIpc) is 3.55. The molecule has 34 heavy (non-hydrogen) atoms. The Kier molecular flexibility index (Phi) is 7.09. The highest BCUT2D eigenvalue weighted by molar-refractivity contribution is 7.10. The van der Waals surface area contributed by atoms with E-state index in [9.17, 15) is 9.59 Å². The van der Waals surface area contributed by atoms with Crippen LogP contribution in [0.5, 0.6) is 5.75 Å². The molecule has 4 rings (SSSR count). The molecule has 4 aromatic rings. The van der Waals surface area contributed by atoms with Gasteiger partial charge in [-0.05, 0) is 52.2 Å². The molecule has 0 atom stereocenters. The topological polar surface area (TPSA) is 102 Å². The van der Waals surface area contributed by atoms with Crippen molar-refractivity contribution >= 4 is 40.6 Å². The van der Waals surface area contributed by atoms with Crippen LogP contribution in [-0.2, 0) is 9.59 Å². The standard InChI is InChI=1S/C24H22N6O3S/c1-29(16-22(31)25-18-10-12-19(33-2)13-11-18)24(32)21(15-20-9-6-14-34-20)30-23(26-27-28-30)17-7-4-3-5-8-17/h3-15H,16H2,1-2H3,(H,25,31)/b21-15+. The Morgan fingerprint density at radius 2 is 1.85 bits per heavy atom. The maximum Gasteiger partial charge on any atom is 0.272 e. The van der Waals surface area contributed by atoms with E-state index in [0.717, 1.165) is 10.4 Å². The highest BCUT2D eigenvalue weighted by atomic mass is 32.1. The third-order valence-corrected chi connectivity index (χ3v) is 5.69. The number of likely N-dealkylation sites (N-methyl/N-ethyl adjacent to an activating group) is 1. The number of rotatable bonds is 8. The fourth-order valence-corrected chi connectivity index (χ4v) is 3.85. The molecule has 0 unspecified atom stereocenters. The minimum atomic E-state index is -0.400. The summed E-state index contributed by atoms with van der Waals surface area (Å²) in [5.41, 5.74) is 1.59. The van der Waals surface area contributed by atoms with Gasteiger partial charge in [0.25, 0.3) is 5.91 Å². The smallest absolute Gasteiger partial charge is 0.272 e. The zero-order valence-corrected chi connectivity index (χ0v) is 19.4. The zero-order valence-electron chi connectivity index (χ0n) is 18.6. The fraction of sp³-hybridized carbons (Fsp3) is 0.125. The van der Waals surface area contributed by atoms with E-state index in [2.05, 4.69) is 20.8 Å². The number of benzene rings is 2. The summed E-state index contributed by atoms with van der Waals surface area (Å²) in [7, 11) is 3.13. The number of carbonyl (C=O) groups excluding carboxylic acids is 2. The lowest BCUT2D eigenvalue weighted by molar-refractivity contribution is -0.128. The number of amides is 2. The van der Waals surface area contributed by atoms with Crippen molar-refractivity contribution in [3.05, 3.63) is 77.0 Å². The van der Waals surface area contributed by atoms with Crippen molar-refractivity contribution in [3.63, 3.8) is 0 Å². The Hall–Kier alpha value is -4.31. The number of anilines is 1. The summed E-state index contributed by atoms with van der Waals surface area (Å²) in [6.45, 7) is -0.157. The number of methoxy groups -OCH3 is 1. The second-order valence-corrected chi connectivity index (χ2v) is 8.24. The predicted octanol–water partition coefficient (Wildman–Crippen LogP) is 3.51. The van der Waals surface area contributed by atoms with Gasteiger partial charge in [-0.2, -0.15) is 4.68 Å². The third-order valence-electron chi connectivity index (χ3n) is 4.87. The summed E-state index contributed by atoms with van der Waals surface area (Å²) in [5, 5.41) is 16.7. The number of thiophene rings is 1. The molecule has 0 fully saturated rings. The van der Waals surface area contributed by atoms with Crippen LogP contribution in [0.3, 0.4) is 0 Å². The first-order chi connectivity index (χ1) is 16.5. The molecule has 9 nitrogen and oxygen atoms in total. The van der Waals surface area contributed by atoms with Gasteiger partial charge in [-0.1, -0.05) is 36.4 Å². The summed E-state index contributed by atoms with van der Waals surface area (Å²) < 4.78 is 6.53. The molecule has 0 aliphatic rings. The number of aromatic nitrogens is 4. The van der Waals surface area contributed by atoms with Gasteiger partial charge in [0.2, 0.25) is 5.91 Å². The molecule has 0 spiro atoms. The predicted molar refractivity (Wildman–Crippen MR) is 131 cm³/mol. The average molecular weight is 475 g/mol. The number of nitrogens with one attached hydrogen (secondary N) is 1. The Bertz CT molecular complexity index is 1280. The zero-order chi connectivity index (χ0) is 23.9. The Morgan fingerprint density at radius 1 is 1.09 bits per heavy atom. The second-order valence-electron chi connectivity index (χ2n) is 7.26. The van der Waals surface area contributed by atoms with Crippen LogP contribution in [0.2, 0.25) is 0 Å². The number of tetrazole rings is 1. The van der Waals surface area contributed by atoms with Crippen LogP contribution >= 0.6 is 11.3 Å². The second kappa shape index (κ2) is 10.5. The van der Waals surface area contributed by atoms with Crippen molar-refractivity contribution in [2.45, 2.75) is 0 Å². The van der Waals surface area contributed by atoms with Gasteiger partial charge >= 0.3 is 0 Å². The van der Waals surface area contributed by atoms with Crippen LogP contribution in [0.1, 0.15) is 4.88 Å². The van der Waals surface area contributed by atoms with E-state index < -0.39 is 5.91 Å². The molecule has 1 N–H and O–H groups in total. The molecule has 0 aliphatic heterocycles. The maximum absolute atomic E-state index is 13.5. The lowest BCUT2D eigenvalue weighted by Gasteiger charge is -2.19. The highest BCUT2D eigenvalue weighted by Crippen LogP contribution is 2.23. The molecular weight excluding hydrogens is 452 g/mol. The van der Waals surface area contributed by atoms with Crippen LogP contribution in [0.25, 0.3) is 23.2 Å². The monoisotopic (exact) mass is 474 g/mol. The Balaban J connectivity index is 1.57. The van der Waals surface area contributed by atoms with Gasteiger partial charge in [0, 0.05) is 23.2 Å². The Labute approximate surface area is 200 Å². The number of hydrogen-bond acceptors (Lipinski definition) is 7. The summed E-state index contributed by atoms with van der Waals surface area (Å²) >= 11 is 1.48. The van der Waals surface area contributed by atoms with E-state index in [0.29, 0.717) is 17.3 Å². The van der Waals surface area contributed by atoms with E-state index in [1.807, 2.05) is 47.8 Å². The molecule has 0 radical (unpaired) electrons. The molecular formula is C24H22N6O3S. The highest BCUT2D eigenvalue weighted by Gasteiger charge is 2.23. The van der Waals surface area contributed by atoms with Crippen molar-refractivity contribution < 1.29 is 14.3 Å². The van der Waals surface area contributed by atoms with Gasteiger partial charge in [-0.25, -0.2) is 0 Å². The lowest BCUT2D eigenvalue weighted by Crippen LogP contribution is -2.36. The van der Waals surface area contributed by atoms with E-state index in [1.54, 1.807) is 44.5 Å². The van der Waals surface area contributed by atoms with Crippen LogP contribution in [0.4, 0.5) is 5.69 Å². The normalized spacial score (nSPS) is 11.2. The van der Waals surface area contributed by atoms with Crippen LogP contribution in [0.15, 0.2) is 72.1 Å². The number of carbonyl (C=O) groups is 2. The first kappa shape index (κ1) is 22.9. The molecule has 2 aromatic carbocycles. The maximum atomic E-state index is 13.5. The van der Waals surface area contributed by atoms with Crippen LogP contribution in [-0.4, -0.2) is 57.6 Å². The van der Waals surface area contributed by atoms with E-state index >= 15 is 0 Å². The fourth-order valence-electron chi connectivity index (χ4n) is 3.20. The molecule has 10 heteroatoms. The summed E-state index contributed by atoms with van der Waals surface area (Å²) in [6.07, 6.45) is 1.72. The molecule has 0 saturated heterocycles. The molecule has 2 aromatic heterocycles. The van der Waals surface area contributed by atoms with Crippen molar-refractivity contribution in [2.75, 3.05) is 26.0 Å². The molecule has 0 bridgehead atoms. The van der Waals surface area contributed by atoms with Gasteiger partial charge < -0.3 is 15.0 Å². The van der Waals surface area contributed by atoms with E-state index in [1.165, 1.54) is 20.9 Å². The van der Waals surface area contributed by atoms with Gasteiger partial charge in [0.05, 0.1) is 13.7 Å². The van der Waals surface area contributed by atoms with Crippen LogP contribution in [0, 0.1) is 0 Å². The number of nitrogens with zero attached hydrogens (tertiary/aromatic N) is 5. The largest absolute Gasteiger partial charge is 0.497 e. The number of hydrogen-bond donors (Lipinski definition) is 1. The molecule has 2 heterocycles. The van der Waals surface area contributed by atoms with Gasteiger partial charge in [-0.3, -0.25) is 9.59 Å². The molecule has 172 valence electrons. The first-order valence-corrected chi connectivity index (χ1v) is 11.2. The van der Waals surface area contributed by atoms with Crippen molar-refractivity contribution in [2.24, 2.45) is 0 Å². The minimum absolute atomic E-state index is 0.157. The quantitative estimate of drug-likeness (QED) is 0.392. The molecule has 2 amide bonds. The first-order valence-electron chi connectivity index (χ1n) is 10.3. The summed E-state index contributed by atoms with van der Waals surface area (Å²) in [5.74, 6) is 0.372. The van der Waals surface area contributed by atoms with E-state index in [4.69, 9.17) is 4.74 Å². The number of ether oxygens (including phenoxy) is 1. The van der Waals surface area contributed by atoms with E-state index in [-0.39, 0.29) is 18.1 Å². The summed E-state index contributed by atoms with van der Waals surface area (Å²) in [6, 6.07) is 20.1. The van der Waals surface area contributed by atoms with Gasteiger partial charge in [-0.15, -0.1) is 16.4 Å². The van der Waals surface area contributed by atoms with Crippen molar-refractivity contribution in [1.82, 2.24) is 25.1 Å². The lowest BCUT2D eigenvalue weighted by atomic mass is 10.2. The van der Waals surface area contributed by atoms with Crippen molar-refractivity contribution in [3.8, 4) is 17.1 Å².